The van der Waals surface area contributed by atoms with E-state index in [-0.39, 0.29) is 11.3 Å². The number of thiocarbonyl (C=S) groups is 1. The summed E-state index contributed by atoms with van der Waals surface area (Å²) >= 11 is 4.93. The lowest BCUT2D eigenvalue weighted by molar-refractivity contribution is 0.0945. The fourth-order valence-corrected chi connectivity index (χ4v) is 1.15. The molecule has 0 fully saturated rings. The van der Waals surface area contributed by atoms with Crippen molar-refractivity contribution in [1.82, 2.24) is 5.32 Å². The number of carbonyl (C=O) groups excluding carboxylic acids is 1. The van der Waals surface area contributed by atoms with Crippen LogP contribution < -0.4 is 11.1 Å². The molecule has 0 aliphatic rings. The molecule has 0 bridgehead atoms. The zero-order valence-electron chi connectivity index (χ0n) is 9.49. The number of hydrogen-bond donors (Lipinski definition) is 2. The minimum atomic E-state index is -0.361. The molecule has 4 heteroatoms. The van der Waals surface area contributed by atoms with Gasteiger partial charge in [0.15, 0.2) is 0 Å². The van der Waals surface area contributed by atoms with Gasteiger partial charge in [-0.2, -0.15) is 0 Å². The fourth-order valence-electron chi connectivity index (χ4n) is 1.08. The van der Waals surface area contributed by atoms with Crippen molar-refractivity contribution in [3.63, 3.8) is 0 Å². The molecule has 86 valence electrons. The molecule has 0 spiro atoms. The van der Waals surface area contributed by atoms with Crippen LogP contribution >= 0.6 is 12.2 Å². The Kier molecular flexibility index (Phi) is 4.01. The van der Waals surface area contributed by atoms with E-state index in [0.29, 0.717) is 17.1 Å². The second kappa shape index (κ2) is 5.07. The van der Waals surface area contributed by atoms with Gasteiger partial charge in [-0.3, -0.25) is 4.79 Å². The lowest BCUT2D eigenvalue weighted by atomic mass is 9.93. The Morgan fingerprint density at radius 3 is 2.44 bits per heavy atom. The molecule has 0 atom stereocenters. The highest BCUT2D eigenvalue weighted by Crippen LogP contribution is 2.13. The molecule has 3 nitrogen and oxygen atoms in total. The SMILES string of the molecule is CC(C)(CNC(=O)c1ccccc1)C(N)=S. The number of nitrogens with two attached hydrogens (primary N) is 1. The molecule has 0 heterocycles. The maximum atomic E-state index is 11.7. The summed E-state index contributed by atoms with van der Waals surface area (Å²) in [5, 5.41) is 2.81. The number of rotatable bonds is 4. The smallest absolute Gasteiger partial charge is 0.251 e. The van der Waals surface area contributed by atoms with E-state index in [9.17, 15) is 4.79 Å². The number of nitrogens with one attached hydrogen (secondary N) is 1. The van der Waals surface area contributed by atoms with Gasteiger partial charge in [-0.05, 0) is 12.1 Å². The van der Waals surface area contributed by atoms with Gasteiger partial charge in [0, 0.05) is 17.5 Å². The molecule has 3 N–H and O–H groups in total. The Labute approximate surface area is 101 Å². The molecule has 0 aliphatic heterocycles. The van der Waals surface area contributed by atoms with Crippen LogP contribution in [0, 0.1) is 5.41 Å². The van der Waals surface area contributed by atoms with Crippen LogP contribution in [0.3, 0.4) is 0 Å². The van der Waals surface area contributed by atoms with Gasteiger partial charge in [0.2, 0.25) is 0 Å². The lowest BCUT2D eigenvalue weighted by Crippen LogP contribution is -2.41. The van der Waals surface area contributed by atoms with Crippen molar-refractivity contribution >= 4 is 23.1 Å². The Morgan fingerprint density at radius 1 is 1.38 bits per heavy atom. The van der Waals surface area contributed by atoms with Crippen LogP contribution in [-0.2, 0) is 0 Å². The molecule has 0 radical (unpaired) electrons. The van der Waals surface area contributed by atoms with Gasteiger partial charge < -0.3 is 11.1 Å². The first-order valence-corrected chi connectivity index (χ1v) is 5.47. The van der Waals surface area contributed by atoms with Gasteiger partial charge in [0.05, 0.1) is 4.99 Å². The second-order valence-electron chi connectivity index (χ2n) is 4.30. The van der Waals surface area contributed by atoms with E-state index >= 15 is 0 Å². The van der Waals surface area contributed by atoms with Gasteiger partial charge in [-0.15, -0.1) is 0 Å². The van der Waals surface area contributed by atoms with Crippen LogP contribution in [0.25, 0.3) is 0 Å². The second-order valence-corrected chi connectivity index (χ2v) is 4.74. The standard InChI is InChI=1S/C12H16N2OS/c1-12(2,11(13)16)8-14-10(15)9-6-4-3-5-7-9/h3-7H,8H2,1-2H3,(H2,13,16)(H,14,15). The Morgan fingerprint density at radius 2 is 1.94 bits per heavy atom. The molecule has 0 unspecified atom stereocenters. The first-order valence-electron chi connectivity index (χ1n) is 5.06. The van der Waals surface area contributed by atoms with Gasteiger partial charge in [-0.1, -0.05) is 44.3 Å². The molecule has 1 amide bonds. The van der Waals surface area contributed by atoms with Crippen molar-refractivity contribution in [2.45, 2.75) is 13.8 Å². The van der Waals surface area contributed by atoms with E-state index in [1.807, 2.05) is 32.0 Å². The van der Waals surface area contributed by atoms with Crippen LogP contribution in [0.2, 0.25) is 0 Å². The van der Waals surface area contributed by atoms with Crippen molar-refractivity contribution < 1.29 is 4.79 Å². The largest absolute Gasteiger partial charge is 0.393 e. The van der Waals surface area contributed by atoms with Gasteiger partial charge in [-0.25, -0.2) is 0 Å². The quantitative estimate of drug-likeness (QED) is 0.783. The van der Waals surface area contributed by atoms with Crippen molar-refractivity contribution in [3.05, 3.63) is 35.9 Å². The molecule has 0 aromatic heterocycles. The third-order valence-electron chi connectivity index (χ3n) is 2.39. The summed E-state index contributed by atoms with van der Waals surface area (Å²) in [6.45, 7) is 4.25. The average molecular weight is 236 g/mol. The minimum Gasteiger partial charge on any atom is -0.393 e. The summed E-state index contributed by atoms with van der Waals surface area (Å²) in [6, 6.07) is 9.06. The summed E-state index contributed by atoms with van der Waals surface area (Å²) in [4.78, 5) is 12.1. The lowest BCUT2D eigenvalue weighted by Gasteiger charge is -2.23. The van der Waals surface area contributed by atoms with Crippen LogP contribution in [0.4, 0.5) is 0 Å². The van der Waals surface area contributed by atoms with Crippen molar-refractivity contribution in [2.75, 3.05) is 6.54 Å². The monoisotopic (exact) mass is 236 g/mol. The number of carbonyl (C=O) groups is 1. The number of hydrogen-bond acceptors (Lipinski definition) is 2. The van der Waals surface area contributed by atoms with Crippen molar-refractivity contribution in [2.24, 2.45) is 11.1 Å². The predicted molar refractivity (Wildman–Crippen MR) is 69.3 cm³/mol. The normalized spacial score (nSPS) is 10.9. The van der Waals surface area contributed by atoms with Crippen molar-refractivity contribution in [1.29, 1.82) is 0 Å². The molecule has 0 saturated carbocycles. The number of amides is 1. The van der Waals surface area contributed by atoms with Crippen LogP contribution in [0.5, 0.6) is 0 Å². The van der Waals surface area contributed by atoms with E-state index in [2.05, 4.69) is 5.32 Å². The molecular weight excluding hydrogens is 220 g/mol. The molecule has 0 saturated heterocycles. The molecule has 1 rings (SSSR count). The first-order chi connectivity index (χ1) is 7.43. The van der Waals surface area contributed by atoms with E-state index < -0.39 is 0 Å². The number of benzene rings is 1. The van der Waals surface area contributed by atoms with Gasteiger partial charge >= 0.3 is 0 Å². The van der Waals surface area contributed by atoms with Gasteiger partial charge in [0.1, 0.15) is 0 Å². The molecule has 1 aromatic carbocycles. The summed E-state index contributed by atoms with van der Waals surface area (Å²) in [6.07, 6.45) is 0. The Hall–Kier alpha value is -1.42. The highest BCUT2D eigenvalue weighted by molar-refractivity contribution is 7.80. The highest BCUT2D eigenvalue weighted by atomic mass is 32.1. The predicted octanol–water partition coefficient (Wildman–Crippen LogP) is 1.73. The van der Waals surface area contributed by atoms with Crippen LogP contribution in [0.1, 0.15) is 24.2 Å². The molecule has 16 heavy (non-hydrogen) atoms. The third-order valence-corrected chi connectivity index (χ3v) is 2.95. The van der Waals surface area contributed by atoms with E-state index in [1.165, 1.54) is 0 Å². The van der Waals surface area contributed by atoms with Crippen LogP contribution in [-0.4, -0.2) is 17.4 Å². The average Bonchev–Trinajstić information content (AvgIpc) is 2.27. The minimum absolute atomic E-state index is 0.107. The topological polar surface area (TPSA) is 55.1 Å². The Bertz CT molecular complexity index is 387. The Balaban J connectivity index is 2.58. The zero-order chi connectivity index (χ0) is 12.2. The fraction of sp³-hybridized carbons (Fsp3) is 0.333. The maximum absolute atomic E-state index is 11.7. The highest BCUT2D eigenvalue weighted by Gasteiger charge is 2.22. The summed E-state index contributed by atoms with van der Waals surface area (Å²) < 4.78 is 0. The first kappa shape index (κ1) is 12.6. The summed E-state index contributed by atoms with van der Waals surface area (Å²) in [5.41, 5.74) is 5.85. The zero-order valence-corrected chi connectivity index (χ0v) is 10.3. The molecule has 1 aromatic rings. The van der Waals surface area contributed by atoms with Gasteiger partial charge in [0.25, 0.3) is 5.91 Å². The molecule has 0 aliphatic carbocycles. The maximum Gasteiger partial charge on any atom is 0.251 e. The summed E-state index contributed by atoms with van der Waals surface area (Å²) in [5.74, 6) is -0.107. The molecular formula is C12H16N2OS. The van der Waals surface area contributed by atoms with Crippen LogP contribution in [0.15, 0.2) is 30.3 Å². The van der Waals surface area contributed by atoms with E-state index in [0.717, 1.165) is 0 Å². The van der Waals surface area contributed by atoms with E-state index in [4.69, 9.17) is 18.0 Å². The van der Waals surface area contributed by atoms with E-state index in [1.54, 1.807) is 12.1 Å². The summed E-state index contributed by atoms with van der Waals surface area (Å²) in [7, 11) is 0. The van der Waals surface area contributed by atoms with Crippen molar-refractivity contribution in [3.8, 4) is 0 Å². The third kappa shape index (κ3) is 3.31.